The summed E-state index contributed by atoms with van der Waals surface area (Å²) >= 11 is 5.91. The zero-order valence-electron chi connectivity index (χ0n) is 16.9. The maximum Gasteiger partial charge on any atom is 0.253 e. The van der Waals surface area contributed by atoms with E-state index in [0.29, 0.717) is 29.3 Å². The number of carbonyl (C=O) groups excluding carboxylic acids is 2. The lowest BCUT2D eigenvalue weighted by Crippen LogP contribution is -2.41. The Morgan fingerprint density at radius 1 is 1.10 bits per heavy atom. The molecule has 2 aromatic carbocycles. The first-order valence-corrected chi connectivity index (χ1v) is 10.4. The number of rotatable bonds is 6. The Kier molecular flexibility index (Phi) is 7.15. The molecule has 1 fully saturated rings. The van der Waals surface area contributed by atoms with Crippen molar-refractivity contribution in [2.45, 2.75) is 32.7 Å². The molecule has 0 radical (unpaired) electrons. The van der Waals surface area contributed by atoms with Crippen molar-refractivity contribution in [3.05, 3.63) is 64.7 Å². The third-order valence-electron chi connectivity index (χ3n) is 4.92. The molecule has 2 amide bonds. The van der Waals surface area contributed by atoms with Gasteiger partial charge in [0.05, 0.1) is 6.61 Å². The van der Waals surface area contributed by atoms with Crippen molar-refractivity contribution in [3.8, 4) is 5.75 Å². The van der Waals surface area contributed by atoms with Crippen LogP contribution in [-0.2, 0) is 0 Å². The Morgan fingerprint density at radius 2 is 1.76 bits per heavy atom. The molecule has 3 rings (SSSR count). The summed E-state index contributed by atoms with van der Waals surface area (Å²) in [6, 6.07) is 14.3. The lowest BCUT2D eigenvalue weighted by Gasteiger charge is -2.32. The van der Waals surface area contributed by atoms with Crippen LogP contribution in [-0.4, -0.2) is 42.5 Å². The predicted molar refractivity (Wildman–Crippen MR) is 115 cm³/mol. The molecule has 1 saturated heterocycles. The van der Waals surface area contributed by atoms with Crippen LogP contribution in [0.15, 0.2) is 48.5 Å². The largest absolute Gasteiger partial charge is 0.493 e. The van der Waals surface area contributed by atoms with Gasteiger partial charge in [0.25, 0.3) is 11.8 Å². The minimum absolute atomic E-state index is 0.0342. The molecule has 0 saturated carbocycles. The number of ether oxygens (including phenoxy) is 1. The van der Waals surface area contributed by atoms with Gasteiger partial charge in [-0.3, -0.25) is 9.59 Å². The molecule has 0 bridgehead atoms. The van der Waals surface area contributed by atoms with Crippen LogP contribution in [0.2, 0.25) is 5.02 Å². The Balaban J connectivity index is 1.52. The van der Waals surface area contributed by atoms with Crippen LogP contribution >= 0.6 is 11.6 Å². The van der Waals surface area contributed by atoms with E-state index in [1.807, 2.05) is 30.9 Å². The van der Waals surface area contributed by atoms with Gasteiger partial charge < -0.3 is 15.0 Å². The molecule has 1 atom stereocenters. The van der Waals surface area contributed by atoms with E-state index < -0.39 is 0 Å². The number of hydrogen-bond acceptors (Lipinski definition) is 3. The highest BCUT2D eigenvalue weighted by atomic mass is 35.5. The van der Waals surface area contributed by atoms with E-state index in [1.54, 1.807) is 36.4 Å². The molecule has 1 aliphatic rings. The average Bonchev–Trinajstić information content (AvgIpc) is 2.72. The zero-order valence-corrected chi connectivity index (χ0v) is 17.6. The van der Waals surface area contributed by atoms with E-state index in [1.165, 1.54) is 0 Å². The third-order valence-corrected chi connectivity index (χ3v) is 5.17. The number of carbonyl (C=O) groups is 2. The Labute approximate surface area is 177 Å². The van der Waals surface area contributed by atoms with Crippen LogP contribution in [0.5, 0.6) is 5.75 Å². The first-order chi connectivity index (χ1) is 13.9. The van der Waals surface area contributed by atoms with Gasteiger partial charge >= 0.3 is 0 Å². The highest BCUT2D eigenvalue weighted by molar-refractivity contribution is 6.30. The number of halogens is 1. The van der Waals surface area contributed by atoms with Crippen molar-refractivity contribution in [1.29, 1.82) is 0 Å². The van der Waals surface area contributed by atoms with E-state index in [0.717, 1.165) is 25.1 Å². The van der Waals surface area contributed by atoms with Crippen molar-refractivity contribution in [2.24, 2.45) is 5.92 Å². The zero-order chi connectivity index (χ0) is 20.8. The van der Waals surface area contributed by atoms with Gasteiger partial charge in [-0.2, -0.15) is 0 Å². The molecule has 0 aliphatic carbocycles. The molecular formula is C23H27ClN2O3. The number of likely N-dealkylation sites (tertiary alicyclic amines) is 1. The van der Waals surface area contributed by atoms with Crippen LogP contribution in [0, 0.1) is 5.92 Å². The first kappa shape index (κ1) is 21.2. The van der Waals surface area contributed by atoms with E-state index >= 15 is 0 Å². The van der Waals surface area contributed by atoms with E-state index in [-0.39, 0.29) is 23.8 Å². The number of hydrogen-bond donors (Lipinski definition) is 1. The molecular weight excluding hydrogens is 388 g/mol. The maximum atomic E-state index is 12.7. The first-order valence-electron chi connectivity index (χ1n) is 10.0. The van der Waals surface area contributed by atoms with Gasteiger partial charge in [0.2, 0.25) is 0 Å². The fourth-order valence-electron chi connectivity index (χ4n) is 3.42. The topological polar surface area (TPSA) is 58.6 Å². The lowest BCUT2D eigenvalue weighted by atomic mass is 9.98. The molecule has 2 aromatic rings. The van der Waals surface area contributed by atoms with Crippen LogP contribution < -0.4 is 10.1 Å². The van der Waals surface area contributed by atoms with Crippen LogP contribution in [0.3, 0.4) is 0 Å². The Morgan fingerprint density at radius 3 is 2.41 bits per heavy atom. The molecule has 0 aromatic heterocycles. The van der Waals surface area contributed by atoms with E-state index in [9.17, 15) is 9.59 Å². The summed E-state index contributed by atoms with van der Waals surface area (Å²) in [6.07, 6.45) is 1.99. The van der Waals surface area contributed by atoms with Crippen LogP contribution in [0.1, 0.15) is 47.4 Å². The fraction of sp³-hybridized carbons (Fsp3) is 0.391. The SMILES string of the molecule is CC(C)NC(=O)c1ccc(OC[C@H]2CCCN(C(=O)c3ccc(Cl)cc3)C2)cc1. The van der Waals surface area contributed by atoms with E-state index in [4.69, 9.17) is 16.3 Å². The van der Waals surface area contributed by atoms with Gasteiger partial charge in [-0.25, -0.2) is 0 Å². The monoisotopic (exact) mass is 414 g/mol. The predicted octanol–water partition coefficient (Wildman–Crippen LogP) is 4.41. The number of nitrogens with one attached hydrogen (secondary N) is 1. The standard InChI is InChI=1S/C23H27ClN2O3/c1-16(2)25-22(27)18-7-11-21(12-8-18)29-15-17-4-3-13-26(14-17)23(28)19-5-9-20(24)10-6-19/h5-12,16-17H,3-4,13-15H2,1-2H3,(H,25,27)/t17-/m0/s1. The fourth-order valence-corrected chi connectivity index (χ4v) is 3.55. The number of piperidine rings is 1. The minimum Gasteiger partial charge on any atom is -0.493 e. The summed E-state index contributed by atoms with van der Waals surface area (Å²) in [4.78, 5) is 26.6. The molecule has 1 N–H and O–H groups in total. The number of benzene rings is 2. The highest BCUT2D eigenvalue weighted by Crippen LogP contribution is 2.21. The molecule has 0 spiro atoms. The van der Waals surface area contributed by atoms with Crippen molar-refractivity contribution in [3.63, 3.8) is 0 Å². The summed E-state index contributed by atoms with van der Waals surface area (Å²) in [5.41, 5.74) is 1.27. The molecule has 6 heteroatoms. The quantitative estimate of drug-likeness (QED) is 0.761. The van der Waals surface area contributed by atoms with Crippen molar-refractivity contribution >= 4 is 23.4 Å². The summed E-state index contributed by atoms with van der Waals surface area (Å²) in [5.74, 6) is 0.957. The van der Waals surface area contributed by atoms with Gasteiger partial charge in [0.1, 0.15) is 5.75 Å². The van der Waals surface area contributed by atoms with Gasteiger partial charge in [-0.05, 0) is 75.2 Å². The summed E-state index contributed by atoms with van der Waals surface area (Å²) in [7, 11) is 0. The summed E-state index contributed by atoms with van der Waals surface area (Å²) in [5, 5.41) is 3.49. The molecule has 5 nitrogen and oxygen atoms in total. The summed E-state index contributed by atoms with van der Waals surface area (Å²) < 4.78 is 5.92. The highest BCUT2D eigenvalue weighted by Gasteiger charge is 2.25. The molecule has 0 unspecified atom stereocenters. The van der Waals surface area contributed by atoms with Gasteiger partial charge in [-0.15, -0.1) is 0 Å². The Hall–Kier alpha value is -2.53. The minimum atomic E-state index is -0.0878. The second-order valence-corrected chi connectivity index (χ2v) is 8.17. The normalized spacial score (nSPS) is 16.6. The molecule has 29 heavy (non-hydrogen) atoms. The van der Waals surface area contributed by atoms with Gasteiger partial charge in [0.15, 0.2) is 0 Å². The molecule has 1 aliphatic heterocycles. The van der Waals surface area contributed by atoms with Crippen LogP contribution in [0.25, 0.3) is 0 Å². The van der Waals surface area contributed by atoms with Gasteiger partial charge in [-0.1, -0.05) is 11.6 Å². The smallest absolute Gasteiger partial charge is 0.253 e. The van der Waals surface area contributed by atoms with Gasteiger partial charge in [0, 0.05) is 41.2 Å². The van der Waals surface area contributed by atoms with Crippen LogP contribution in [0.4, 0.5) is 0 Å². The second kappa shape index (κ2) is 9.79. The van der Waals surface area contributed by atoms with Crippen molar-refractivity contribution in [1.82, 2.24) is 10.2 Å². The third kappa shape index (κ3) is 5.97. The number of nitrogens with zero attached hydrogens (tertiary/aromatic N) is 1. The summed E-state index contributed by atoms with van der Waals surface area (Å²) in [6.45, 7) is 5.84. The van der Waals surface area contributed by atoms with Crippen molar-refractivity contribution < 1.29 is 14.3 Å². The number of amides is 2. The molecule has 154 valence electrons. The Bertz CT molecular complexity index is 834. The lowest BCUT2D eigenvalue weighted by molar-refractivity contribution is 0.0633. The average molecular weight is 415 g/mol. The molecule has 1 heterocycles. The van der Waals surface area contributed by atoms with Crippen molar-refractivity contribution in [2.75, 3.05) is 19.7 Å². The second-order valence-electron chi connectivity index (χ2n) is 7.73. The maximum absolute atomic E-state index is 12.7. The van der Waals surface area contributed by atoms with E-state index in [2.05, 4.69) is 5.32 Å².